The van der Waals surface area contributed by atoms with Crippen LogP contribution < -0.4 is 0 Å². The van der Waals surface area contributed by atoms with E-state index in [0.29, 0.717) is 6.04 Å². The van der Waals surface area contributed by atoms with Crippen molar-refractivity contribution in [1.82, 2.24) is 9.80 Å². The topological polar surface area (TPSA) is 23.6 Å². The molecule has 28 heavy (non-hydrogen) atoms. The van der Waals surface area contributed by atoms with Crippen molar-refractivity contribution in [1.29, 1.82) is 0 Å². The van der Waals surface area contributed by atoms with Crippen molar-refractivity contribution in [3.63, 3.8) is 0 Å². The second-order valence-electron chi connectivity index (χ2n) is 8.72. The number of fused-ring (bicyclic) bond motifs is 1. The normalized spacial score (nSPS) is 23.5. The number of amides is 1. The molecule has 1 aliphatic carbocycles. The van der Waals surface area contributed by atoms with Gasteiger partial charge < -0.3 is 16.6 Å². The molecule has 0 bridgehead atoms. The molecule has 0 atom stereocenters. The smallest absolute Gasteiger partial charge is 0.0823 e. The van der Waals surface area contributed by atoms with E-state index < -0.39 is 0 Å². The van der Waals surface area contributed by atoms with Gasteiger partial charge in [-0.05, 0) is 55.7 Å². The van der Waals surface area contributed by atoms with E-state index in [-0.39, 0.29) is 32.4 Å². The fourth-order valence-electron chi connectivity index (χ4n) is 4.81. The number of hydrogen-bond acceptors (Lipinski definition) is 2. The minimum Gasteiger partial charge on any atom is -0.368 e. The summed E-state index contributed by atoms with van der Waals surface area (Å²) in [5.74, 6) is 0.766. The Morgan fingerprint density at radius 1 is 1.18 bits per heavy atom. The molecule has 3 rings (SSSR count). The summed E-state index contributed by atoms with van der Waals surface area (Å²) in [7, 11) is 1.90. The minimum absolute atomic E-state index is 0. The standard InChI is InChI=1S/C22H33N2O.C2H6.W/c1-17(25)23(4)20-11-9-18(10-12-20)13-14-24-15-19-7-5-6-8-21(19)22(2,3)16-24;1-2;/h5-8,18,20H,1,9-16H2,2-4H3;1-2H3;/q-1;;. The van der Waals surface area contributed by atoms with Gasteiger partial charge in [0, 0.05) is 52.7 Å². The molecule has 1 amide bonds. The second kappa shape index (κ2) is 11.4. The van der Waals surface area contributed by atoms with E-state index in [0.717, 1.165) is 31.8 Å². The number of hydrogen-bond donors (Lipinski definition) is 0. The zero-order valence-corrected chi connectivity index (χ0v) is 21.5. The van der Waals surface area contributed by atoms with Gasteiger partial charge in [-0.2, -0.15) is 0 Å². The predicted molar refractivity (Wildman–Crippen MR) is 115 cm³/mol. The van der Waals surface area contributed by atoms with Gasteiger partial charge in [0.1, 0.15) is 0 Å². The molecule has 4 heteroatoms. The van der Waals surface area contributed by atoms with Gasteiger partial charge in [-0.1, -0.05) is 52.0 Å². The van der Waals surface area contributed by atoms with Crippen LogP contribution in [-0.4, -0.2) is 41.9 Å². The Hall–Kier alpha value is -0.792. The molecule has 0 N–H and O–H groups in total. The van der Waals surface area contributed by atoms with Gasteiger partial charge in [-0.3, -0.25) is 4.90 Å². The third-order valence-corrected chi connectivity index (χ3v) is 6.37. The van der Waals surface area contributed by atoms with E-state index in [1.165, 1.54) is 36.9 Å². The molecule has 1 aliphatic heterocycles. The van der Waals surface area contributed by atoms with Gasteiger partial charge >= 0.3 is 0 Å². The van der Waals surface area contributed by atoms with Crippen molar-refractivity contribution >= 4 is 5.91 Å². The molecule has 1 heterocycles. The van der Waals surface area contributed by atoms with E-state index in [2.05, 4.69) is 49.9 Å². The second-order valence-corrected chi connectivity index (χ2v) is 8.72. The van der Waals surface area contributed by atoms with Crippen molar-refractivity contribution < 1.29 is 25.9 Å². The zero-order chi connectivity index (χ0) is 20.0. The first-order chi connectivity index (χ1) is 12.9. The molecule has 0 aromatic heterocycles. The van der Waals surface area contributed by atoms with Crippen LogP contribution >= 0.6 is 0 Å². The molecule has 0 radical (unpaired) electrons. The largest absolute Gasteiger partial charge is 0.368 e. The van der Waals surface area contributed by atoms with Crippen LogP contribution in [0.15, 0.2) is 24.3 Å². The summed E-state index contributed by atoms with van der Waals surface area (Å²) >= 11 is 0. The summed E-state index contributed by atoms with van der Waals surface area (Å²) in [5.41, 5.74) is 3.26. The first-order valence-electron chi connectivity index (χ1n) is 10.8. The summed E-state index contributed by atoms with van der Waals surface area (Å²) < 4.78 is 0. The summed E-state index contributed by atoms with van der Waals surface area (Å²) in [6.07, 6.45) is 6.05. The molecule has 1 aromatic rings. The van der Waals surface area contributed by atoms with Crippen LogP contribution in [0.4, 0.5) is 0 Å². The summed E-state index contributed by atoms with van der Waals surface area (Å²) in [5, 5.41) is 0. The summed E-state index contributed by atoms with van der Waals surface area (Å²) in [6, 6.07) is 9.33. The van der Waals surface area contributed by atoms with Crippen molar-refractivity contribution in [3.05, 3.63) is 42.3 Å². The fraction of sp³-hybridized carbons (Fsp3) is 0.667. The average molecular weight is 555 g/mol. The van der Waals surface area contributed by atoms with Crippen LogP contribution in [0.3, 0.4) is 0 Å². The molecule has 1 aromatic carbocycles. The van der Waals surface area contributed by atoms with Crippen LogP contribution in [-0.2, 0) is 37.8 Å². The van der Waals surface area contributed by atoms with Crippen LogP contribution in [0.2, 0.25) is 0 Å². The van der Waals surface area contributed by atoms with Crippen LogP contribution in [0.25, 0.3) is 0 Å². The van der Waals surface area contributed by atoms with Gasteiger partial charge in [0.15, 0.2) is 0 Å². The molecule has 2 aliphatic rings. The minimum atomic E-state index is -0.0438. The van der Waals surface area contributed by atoms with Crippen molar-refractivity contribution in [2.75, 3.05) is 20.1 Å². The summed E-state index contributed by atoms with van der Waals surface area (Å²) in [6.45, 7) is 15.7. The maximum absolute atomic E-state index is 11.4. The van der Waals surface area contributed by atoms with E-state index >= 15 is 0 Å². The Labute approximate surface area is 187 Å². The van der Waals surface area contributed by atoms with E-state index in [1.807, 2.05) is 25.8 Å². The number of rotatable bonds is 4. The Kier molecular flexibility index (Phi) is 10.3. The SMILES string of the molecule is CC.[CH2-]C(=O)N(C)C1CCC(CCN2Cc3ccccc3C(C)(C)C2)CC1.[W]. The van der Waals surface area contributed by atoms with Crippen LogP contribution in [0.5, 0.6) is 0 Å². The van der Waals surface area contributed by atoms with E-state index in [1.54, 1.807) is 0 Å². The quantitative estimate of drug-likeness (QED) is 0.486. The van der Waals surface area contributed by atoms with Crippen molar-refractivity contribution in [2.45, 2.75) is 77.8 Å². The van der Waals surface area contributed by atoms with Gasteiger partial charge in [0.05, 0.1) is 5.91 Å². The molecule has 1 fully saturated rings. The van der Waals surface area contributed by atoms with Gasteiger partial charge in [-0.15, -0.1) is 0 Å². The first kappa shape index (κ1) is 25.2. The third-order valence-electron chi connectivity index (χ3n) is 6.37. The molecule has 0 unspecified atom stereocenters. The van der Waals surface area contributed by atoms with Crippen molar-refractivity contribution in [2.24, 2.45) is 5.92 Å². The number of carbonyl (C=O) groups is 1. The predicted octanol–water partition coefficient (Wildman–Crippen LogP) is 5.04. The molecule has 1 saturated carbocycles. The monoisotopic (exact) mass is 555 g/mol. The fourth-order valence-corrected chi connectivity index (χ4v) is 4.81. The first-order valence-corrected chi connectivity index (χ1v) is 10.8. The number of benzene rings is 1. The number of carbonyl (C=O) groups excluding carboxylic acids is 1. The Bertz CT molecular complexity index is 608. The Morgan fingerprint density at radius 3 is 2.39 bits per heavy atom. The van der Waals surface area contributed by atoms with E-state index in [9.17, 15) is 4.79 Å². The van der Waals surface area contributed by atoms with E-state index in [4.69, 9.17) is 0 Å². The number of nitrogens with zero attached hydrogens (tertiary/aromatic N) is 2. The zero-order valence-electron chi connectivity index (χ0n) is 18.5. The molecular weight excluding hydrogens is 516 g/mol. The molecule has 158 valence electrons. The van der Waals surface area contributed by atoms with Gasteiger partial charge in [-0.25, -0.2) is 0 Å². The Morgan fingerprint density at radius 2 is 1.79 bits per heavy atom. The van der Waals surface area contributed by atoms with Gasteiger partial charge in [0.2, 0.25) is 0 Å². The maximum Gasteiger partial charge on any atom is 0.0823 e. The average Bonchev–Trinajstić information content (AvgIpc) is 2.67. The van der Waals surface area contributed by atoms with Gasteiger partial charge in [0.25, 0.3) is 0 Å². The molecule has 3 nitrogen and oxygen atoms in total. The molecule has 0 spiro atoms. The Balaban J connectivity index is 0.00000127. The maximum atomic E-state index is 11.4. The third kappa shape index (κ3) is 6.36. The summed E-state index contributed by atoms with van der Waals surface area (Å²) in [4.78, 5) is 15.9. The molecular formula is C24H39N2OW-. The molecule has 0 saturated heterocycles. The van der Waals surface area contributed by atoms with Crippen molar-refractivity contribution in [3.8, 4) is 0 Å². The van der Waals surface area contributed by atoms with Crippen LogP contribution in [0, 0.1) is 12.8 Å². The van der Waals surface area contributed by atoms with Crippen LogP contribution in [0.1, 0.15) is 70.9 Å².